The molecule has 0 N–H and O–H groups in total. The van der Waals surface area contributed by atoms with Crippen LogP contribution in [-0.2, 0) is 16.1 Å². The first-order chi connectivity index (χ1) is 13.5. The maximum absolute atomic E-state index is 12.8. The molecule has 150 valence electrons. The third kappa shape index (κ3) is 4.07. The van der Waals surface area contributed by atoms with Gasteiger partial charge in [0.05, 0.1) is 18.7 Å². The van der Waals surface area contributed by atoms with Gasteiger partial charge in [-0.05, 0) is 42.4 Å². The number of aromatic nitrogens is 1. The summed E-state index contributed by atoms with van der Waals surface area (Å²) in [6.07, 6.45) is 2.37. The number of carbonyl (C=O) groups is 1. The molecule has 2 fully saturated rings. The average Bonchev–Trinajstić information content (AvgIpc) is 3.52. The summed E-state index contributed by atoms with van der Waals surface area (Å²) in [5.41, 5.74) is 2.01. The molecule has 2 aliphatic rings. The Morgan fingerprint density at radius 1 is 1.21 bits per heavy atom. The zero-order valence-corrected chi connectivity index (χ0v) is 16.6. The highest BCUT2D eigenvalue weighted by atomic mass is 16.5. The molecule has 0 atom stereocenters. The van der Waals surface area contributed by atoms with Gasteiger partial charge >= 0.3 is 0 Å². The van der Waals surface area contributed by atoms with E-state index in [1.54, 1.807) is 11.0 Å². The van der Waals surface area contributed by atoms with Gasteiger partial charge in [-0.15, -0.1) is 0 Å². The predicted molar refractivity (Wildman–Crippen MR) is 108 cm³/mol. The van der Waals surface area contributed by atoms with Crippen molar-refractivity contribution in [1.29, 1.82) is 0 Å². The number of morpholine rings is 1. The monoisotopic (exact) mass is 384 g/mol. The van der Waals surface area contributed by atoms with E-state index in [0.29, 0.717) is 38.0 Å². The van der Waals surface area contributed by atoms with Gasteiger partial charge in [0, 0.05) is 37.2 Å². The molecule has 1 aromatic heterocycles. The topological polar surface area (TPSA) is 60.8 Å². The molecule has 1 aliphatic heterocycles. The highest BCUT2D eigenvalue weighted by molar-refractivity contribution is 5.85. The standard InChI is InChI=1S/C22H28N2O4/c1-15(2)19-12-21(25)24(13-16-3-4-16)20-11-17(5-6-18(19)20)28-14-22(26)23-7-9-27-10-8-23/h5-6,11-12,15-16H,3-4,7-10,13-14H2,1-2H3. The first-order valence-corrected chi connectivity index (χ1v) is 10.2. The molecule has 0 spiro atoms. The first-order valence-electron chi connectivity index (χ1n) is 10.2. The maximum atomic E-state index is 12.8. The van der Waals surface area contributed by atoms with Crippen LogP contribution >= 0.6 is 0 Å². The molecule has 2 heterocycles. The van der Waals surface area contributed by atoms with Crippen LogP contribution in [-0.4, -0.2) is 48.3 Å². The number of carbonyl (C=O) groups excluding carboxylic acids is 1. The van der Waals surface area contributed by atoms with Gasteiger partial charge in [0.25, 0.3) is 11.5 Å². The molecule has 1 amide bonds. The van der Waals surface area contributed by atoms with E-state index < -0.39 is 0 Å². The van der Waals surface area contributed by atoms with Crippen LogP contribution in [0.25, 0.3) is 10.9 Å². The summed E-state index contributed by atoms with van der Waals surface area (Å²) in [4.78, 5) is 26.9. The number of pyridine rings is 1. The van der Waals surface area contributed by atoms with Gasteiger partial charge < -0.3 is 18.9 Å². The largest absolute Gasteiger partial charge is 0.484 e. The molecular formula is C22H28N2O4. The lowest BCUT2D eigenvalue weighted by molar-refractivity contribution is -0.137. The van der Waals surface area contributed by atoms with Gasteiger partial charge in [0.1, 0.15) is 5.75 Å². The van der Waals surface area contributed by atoms with Crippen molar-refractivity contribution >= 4 is 16.8 Å². The normalized spacial score (nSPS) is 17.3. The molecule has 6 nitrogen and oxygen atoms in total. The molecule has 4 rings (SSSR count). The fourth-order valence-electron chi connectivity index (χ4n) is 3.75. The minimum Gasteiger partial charge on any atom is -0.484 e. The molecule has 0 radical (unpaired) electrons. The lowest BCUT2D eigenvalue weighted by Crippen LogP contribution is -2.42. The SMILES string of the molecule is CC(C)c1cc(=O)n(CC2CC2)c2cc(OCC(=O)N3CCOCC3)ccc12. The number of hydrogen-bond acceptors (Lipinski definition) is 4. The Morgan fingerprint density at radius 3 is 2.64 bits per heavy atom. The zero-order chi connectivity index (χ0) is 19.7. The van der Waals surface area contributed by atoms with E-state index in [1.807, 2.05) is 22.8 Å². The van der Waals surface area contributed by atoms with Gasteiger partial charge in [-0.25, -0.2) is 0 Å². The third-order valence-corrected chi connectivity index (χ3v) is 5.60. The van der Waals surface area contributed by atoms with Crippen LogP contribution in [0.2, 0.25) is 0 Å². The van der Waals surface area contributed by atoms with Crippen molar-refractivity contribution in [3.05, 3.63) is 40.2 Å². The van der Waals surface area contributed by atoms with Crippen LogP contribution in [0.4, 0.5) is 0 Å². The lowest BCUT2D eigenvalue weighted by Gasteiger charge is -2.26. The van der Waals surface area contributed by atoms with Crippen LogP contribution in [0.1, 0.15) is 38.2 Å². The highest BCUT2D eigenvalue weighted by Gasteiger charge is 2.24. The lowest BCUT2D eigenvalue weighted by atomic mass is 9.98. The predicted octanol–water partition coefficient (Wildman–Crippen LogP) is 2.77. The maximum Gasteiger partial charge on any atom is 0.260 e. The smallest absolute Gasteiger partial charge is 0.260 e. The van der Waals surface area contributed by atoms with Crippen molar-refractivity contribution in [2.75, 3.05) is 32.9 Å². The van der Waals surface area contributed by atoms with Crippen LogP contribution in [0, 0.1) is 5.92 Å². The number of nitrogens with zero attached hydrogens (tertiary/aromatic N) is 2. The van der Waals surface area contributed by atoms with Crippen molar-refractivity contribution in [2.24, 2.45) is 5.92 Å². The summed E-state index contributed by atoms with van der Waals surface area (Å²) >= 11 is 0. The fourth-order valence-corrected chi connectivity index (χ4v) is 3.75. The van der Waals surface area contributed by atoms with Crippen molar-refractivity contribution in [3.8, 4) is 5.75 Å². The Bertz CT molecular complexity index is 924. The number of ether oxygens (including phenoxy) is 2. The van der Waals surface area contributed by atoms with E-state index >= 15 is 0 Å². The molecule has 6 heteroatoms. The Hall–Kier alpha value is -2.34. The molecule has 1 saturated heterocycles. The second-order valence-electron chi connectivity index (χ2n) is 8.11. The number of fused-ring (bicyclic) bond motifs is 1. The van der Waals surface area contributed by atoms with Gasteiger partial charge in [0.15, 0.2) is 6.61 Å². The van der Waals surface area contributed by atoms with Crippen LogP contribution in [0.3, 0.4) is 0 Å². The quantitative estimate of drug-likeness (QED) is 0.768. The van der Waals surface area contributed by atoms with Crippen molar-refractivity contribution < 1.29 is 14.3 Å². The van der Waals surface area contributed by atoms with E-state index in [9.17, 15) is 9.59 Å². The van der Waals surface area contributed by atoms with Crippen molar-refractivity contribution in [1.82, 2.24) is 9.47 Å². The zero-order valence-electron chi connectivity index (χ0n) is 16.6. The molecule has 0 unspecified atom stereocenters. The summed E-state index contributed by atoms with van der Waals surface area (Å²) in [5.74, 6) is 1.45. The Labute approximate surface area is 165 Å². The number of amides is 1. The Kier molecular flexibility index (Phi) is 5.40. The van der Waals surface area contributed by atoms with Gasteiger partial charge in [-0.3, -0.25) is 9.59 Å². The summed E-state index contributed by atoms with van der Waals surface area (Å²) in [6.45, 7) is 7.33. The average molecular weight is 384 g/mol. The van der Waals surface area contributed by atoms with E-state index in [0.717, 1.165) is 23.0 Å². The number of rotatable bonds is 6. The van der Waals surface area contributed by atoms with Gasteiger partial charge in [-0.1, -0.05) is 13.8 Å². The van der Waals surface area contributed by atoms with Gasteiger partial charge in [0.2, 0.25) is 0 Å². The Balaban J connectivity index is 1.60. The number of benzene rings is 1. The number of hydrogen-bond donors (Lipinski definition) is 0. The summed E-state index contributed by atoms with van der Waals surface area (Å²) in [5, 5.41) is 1.09. The molecule has 0 bridgehead atoms. The summed E-state index contributed by atoms with van der Waals surface area (Å²) in [7, 11) is 0. The van der Waals surface area contributed by atoms with Crippen molar-refractivity contribution in [3.63, 3.8) is 0 Å². The minimum atomic E-state index is -0.0327. The van der Waals surface area contributed by atoms with Crippen LogP contribution < -0.4 is 10.3 Å². The van der Waals surface area contributed by atoms with Crippen LogP contribution in [0.5, 0.6) is 5.75 Å². The highest BCUT2D eigenvalue weighted by Crippen LogP contribution is 2.33. The second kappa shape index (κ2) is 7.95. The second-order valence-corrected chi connectivity index (χ2v) is 8.11. The van der Waals surface area contributed by atoms with Crippen LogP contribution in [0.15, 0.2) is 29.1 Å². The molecule has 2 aromatic rings. The molecular weight excluding hydrogens is 356 g/mol. The minimum absolute atomic E-state index is 0.00222. The third-order valence-electron chi connectivity index (χ3n) is 5.60. The van der Waals surface area contributed by atoms with E-state index in [1.165, 1.54) is 12.8 Å². The molecule has 1 aliphatic carbocycles. The Morgan fingerprint density at radius 2 is 1.96 bits per heavy atom. The molecule has 1 aromatic carbocycles. The van der Waals surface area contributed by atoms with Gasteiger partial charge in [-0.2, -0.15) is 0 Å². The van der Waals surface area contributed by atoms with E-state index in [2.05, 4.69) is 13.8 Å². The summed E-state index contributed by atoms with van der Waals surface area (Å²) < 4.78 is 13.0. The van der Waals surface area contributed by atoms with E-state index in [4.69, 9.17) is 9.47 Å². The molecule has 28 heavy (non-hydrogen) atoms. The van der Waals surface area contributed by atoms with Crippen molar-refractivity contribution in [2.45, 2.75) is 39.2 Å². The molecule has 1 saturated carbocycles. The first kappa shape index (κ1) is 19.0. The fraction of sp³-hybridized carbons (Fsp3) is 0.545. The van der Waals surface area contributed by atoms with E-state index in [-0.39, 0.29) is 24.0 Å². The summed E-state index contributed by atoms with van der Waals surface area (Å²) in [6, 6.07) is 7.60.